The maximum atomic E-state index is 13.0. The second-order valence-corrected chi connectivity index (χ2v) is 9.36. The number of benzene rings is 1. The quantitative estimate of drug-likeness (QED) is 0.657. The molecule has 2 aromatic rings. The van der Waals surface area contributed by atoms with E-state index >= 15 is 0 Å². The summed E-state index contributed by atoms with van der Waals surface area (Å²) < 4.78 is 0. The molecule has 1 amide bonds. The maximum Gasteiger partial charge on any atom is 0.283 e. The Morgan fingerprint density at radius 2 is 1.90 bits per heavy atom. The fraction of sp³-hybridized carbons (Fsp3) is 0.478. The first-order valence-electron chi connectivity index (χ1n) is 10.8. The Morgan fingerprint density at radius 1 is 1.20 bits per heavy atom. The number of nitrogens with zero attached hydrogens (tertiary/aromatic N) is 2. The first-order valence-corrected chi connectivity index (χ1v) is 11.6. The third-order valence-corrected chi connectivity index (χ3v) is 7.60. The van der Waals surface area contributed by atoms with Gasteiger partial charge in [0.05, 0.1) is 31.7 Å². The number of hydrogen-bond acceptors (Lipinski definition) is 5. The van der Waals surface area contributed by atoms with Crippen LogP contribution < -0.4 is 15.1 Å². The number of piperazine rings is 1. The van der Waals surface area contributed by atoms with Crippen LogP contribution in [0.3, 0.4) is 0 Å². The van der Waals surface area contributed by atoms with Gasteiger partial charge in [-0.25, -0.2) is 0 Å². The van der Waals surface area contributed by atoms with Crippen LogP contribution in [0.4, 0.5) is 10.7 Å². The van der Waals surface area contributed by atoms with E-state index in [2.05, 4.69) is 16.3 Å². The number of nitrogens with one attached hydrogen (secondary N) is 2. The minimum absolute atomic E-state index is 0.00371. The summed E-state index contributed by atoms with van der Waals surface area (Å²) in [5.41, 5.74) is 2.95. The van der Waals surface area contributed by atoms with Crippen LogP contribution in [0.2, 0.25) is 0 Å². The zero-order valence-electron chi connectivity index (χ0n) is 17.4. The highest BCUT2D eigenvalue weighted by atomic mass is 32.1. The number of rotatable bonds is 4. The van der Waals surface area contributed by atoms with E-state index in [-0.39, 0.29) is 17.7 Å². The van der Waals surface area contributed by atoms with Gasteiger partial charge in [0.25, 0.3) is 5.91 Å². The molecule has 6 nitrogen and oxygen atoms in total. The van der Waals surface area contributed by atoms with E-state index in [1.807, 2.05) is 19.1 Å². The third kappa shape index (κ3) is 4.30. The molecule has 0 saturated carbocycles. The van der Waals surface area contributed by atoms with Crippen molar-refractivity contribution in [2.45, 2.75) is 45.1 Å². The normalized spacial score (nSPS) is 18.2. The van der Waals surface area contributed by atoms with Crippen molar-refractivity contribution in [1.82, 2.24) is 0 Å². The molecule has 1 aliphatic carbocycles. The van der Waals surface area contributed by atoms with Crippen LogP contribution in [0.15, 0.2) is 24.3 Å². The van der Waals surface area contributed by atoms with Crippen LogP contribution in [-0.2, 0) is 17.6 Å². The van der Waals surface area contributed by atoms with Gasteiger partial charge in [-0.05, 0) is 62.4 Å². The highest BCUT2D eigenvalue weighted by Gasteiger charge is 2.30. The summed E-state index contributed by atoms with van der Waals surface area (Å²) >= 11 is 1.60. The van der Waals surface area contributed by atoms with Crippen molar-refractivity contribution in [2.24, 2.45) is 0 Å². The number of carbonyl (C=O) groups excluding carboxylic acids is 1. The zero-order valence-corrected chi connectivity index (χ0v) is 18.2. The first-order chi connectivity index (χ1) is 14.6. The largest absolute Gasteiger partial charge is 0.508 e. The Labute approximate surface area is 181 Å². The van der Waals surface area contributed by atoms with E-state index in [0.717, 1.165) is 68.1 Å². The van der Waals surface area contributed by atoms with Gasteiger partial charge >= 0.3 is 0 Å². The van der Waals surface area contributed by atoms with Crippen LogP contribution in [0.25, 0.3) is 0 Å². The highest BCUT2D eigenvalue weighted by molar-refractivity contribution is 7.16. The van der Waals surface area contributed by atoms with Crippen LogP contribution in [-0.4, -0.2) is 43.2 Å². The van der Waals surface area contributed by atoms with Crippen molar-refractivity contribution >= 4 is 27.9 Å². The van der Waals surface area contributed by atoms with Gasteiger partial charge in [-0.15, -0.1) is 11.3 Å². The smallest absolute Gasteiger partial charge is 0.283 e. The number of quaternary nitrogens is 1. The van der Waals surface area contributed by atoms with Gasteiger partial charge in [0.2, 0.25) is 0 Å². The van der Waals surface area contributed by atoms with Crippen molar-refractivity contribution in [2.75, 3.05) is 36.4 Å². The predicted octanol–water partition coefficient (Wildman–Crippen LogP) is 2.33. The number of anilines is 2. The maximum absolute atomic E-state index is 13.0. The standard InChI is InChI=1S/C23H28N4O2S/c1-16(26-11-13-27(14-12-26)17-7-9-18(28)10-8-17)22(29)25-23-20(15-24)19-5-3-2-4-6-21(19)30-23/h7-10,16,28H,2-6,11-14H2,1H3,(H,25,29)/p+1/t16-/m1/s1. The number of nitriles is 1. The van der Waals surface area contributed by atoms with Crippen molar-refractivity contribution in [3.8, 4) is 11.8 Å². The minimum atomic E-state index is -0.166. The fourth-order valence-corrected chi connectivity index (χ4v) is 5.75. The molecule has 1 saturated heterocycles. The molecule has 2 aliphatic rings. The molecule has 30 heavy (non-hydrogen) atoms. The van der Waals surface area contributed by atoms with E-state index in [4.69, 9.17) is 0 Å². The molecule has 0 unspecified atom stereocenters. The molecule has 0 spiro atoms. The van der Waals surface area contributed by atoms with Gasteiger partial charge in [-0.2, -0.15) is 5.26 Å². The molecule has 1 fully saturated rings. The Morgan fingerprint density at radius 3 is 2.60 bits per heavy atom. The summed E-state index contributed by atoms with van der Waals surface area (Å²) in [6, 6.07) is 9.46. The number of thiophene rings is 1. The Hall–Kier alpha value is -2.56. The molecule has 158 valence electrons. The molecule has 7 heteroatoms. The van der Waals surface area contributed by atoms with Gasteiger partial charge in [0.1, 0.15) is 16.8 Å². The molecule has 1 aliphatic heterocycles. The lowest BCUT2D eigenvalue weighted by atomic mass is 10.1. The second kappa shape index (κ2) is 9.07. The molecule has 1 aromatic heterocycles. The molecule has 3 N–H and O–H groups in total. The lowest BCUT2D eigenvalue weighted by Gasteiger charge is -2.36. The topological polar surface area (TPSA) is 80.8 Å². The highest BCUT2D eigenvalue weighted by Crippen LogP contribution is 2.37. The fourth-order valence-electron chi connectivity index (χ4n) is 4.50. The number of phenols is 1. The molecular formula is C23H29N4O2S+. The van der Waals surface area contributed by atoms with Crippen molar-refractivity contribution in [3.05, 3.63) is 40.3 Å². The lowest BCUT2D eigenvalue weighted by Crippen LogP contribution is -3.19. The molecule has 1 aromatic carbocycles. The van der Waals surface area contributed by atoms with Gasteiger partial charge in [0, 0.05) is 10.6 Å². The van der Waals surface area contributed by atoms with Gasteiger partial charge in [0.15, 0.2) is 6.04 Å². The van der Waals surface area contributed by atoms with Gasteiger partial charge in [-0.1, -0.05) is 6.42 Å². The molecule has 4 rings (SSSR count). The van der Waals surface area contributed by atoms with E-state index in [9.17, 15) is 15.2 Å². The summed E-state index contributed by atoms with van der Waals surface area (Å²) in [7, 11) is 0. The summed E-state index contributed by atoms with van der Waals surface area (Å²) in [6.45, 7) is 5.47. The molecule has 0 radical (unpaired) electrons. The van der Waals surface area contributed by atoms with Crippen molar-refractivity contribution in [3.63, 3.8) is 0 Å². The van der Waals surface area contributed by atoms with Crippen LogP contribution >= 0.6 is 11.3 Å². The molecule has 0 bridgehead atoms. The minimum Gasteiger partial charge on any atom is -0.508 e. The second-order valence-electron chi connectivity index (χ2n) is 8.25. The van der Waals surface area contributed by atoms with Gasteiger partial charge in [-0.3, -0.25) is 4.79 Å². The number of phenolic OH excluding ortho intramolecular Hbond substituents is 1. The Balaban J connectivity index is 1.38. The van der Waals surface area contributed by atoms with E-state index < -0.39 is 0 Å². The number of carbonyl (C=O) groups is 1. The average molecular weight is 426 g/mol. The number of aryl methyl sites for hydroxylation is 1. The number of aromatic hydroxyl groups is 1. The monoisotopic (exact) mass is 425 g/mol. The Bertz CT molecular complexity index is 939. The van der Waals surface area contributed by atoms with Crippen LogP contribution in [0.5, 0.6) is 5.75 Å². The van der Waals surface area contributed by atoms with E-state index in [1.165, 1.54) is 16.2 Å². The van der Waals surface area contributed by atoms with Crippen LogP contribution in [0, 0.1) is 11.3 Å². The molecular weight excluding hydrogens is 396 g/mol. The predicted molar refractivity (Wildman–Crippen MR) is 119 cm³/mol. The van der Waals surface area contributed by atoms with Crippen LogP contribution in [0.1, 0.15) is 42.2 Å². The lowest BCUT2D eigenvalue weighted by molar-refractivity contribution is -0.914. The molecule has 1 atom stereocenters. The zero-order chi connectivity index (χ0) is 21.1. The third-order valence-electron chi connectivity index (χ3n) is 6.40. The van der Waals surface area contributed by atoms with E-state index in [1.54, 1.807) is 23.5 Å². The van der Waals surface area contributed by atoms with Crippen molar-refractivity contribution in [1.29, 1.82) is 5.26 Å². The summed E-state index contributed by atoms with van der Waals surface area (Å²) in [5.74, 6) is 0.270. The van der Waals surface area contributed by atoms with Gasteiger partial charge < -0.3 is 20.2 Å². The molecule has 2 heterocycles. The average Bonchev–Trinajstić information content (AvgIpc) is 2.92. The number of fused-ring (bicyclic) bond motifs is 1. The Kier molecular flexibility index (Phi) is 6.26. The summed E-state index contributed by atoms with van der Waals surface area (Å²) in [6.07, 6.45) is 5.47. The van der Waals surface area contributed by atoms with E-state index in [0.29, 0.717) is 5.56 Å². The number of amides is 1. The summed E-state index contributed by atoms with van der Waals surface area (Å²) in [4.78, 5) is 17.8. The summed E-state index contributed by atoms with van der Waals surface area (Å²) in [5, 5.41) is 23.0. The SMILES string of the molecule is C[C@H](C(=O)Nc1sc2c(c1C#N)CCCCC2)[NH+]1CCN(c2ccc(O)cc2)CC1. The number of hydrogen-bond donors (Lipinski definition) is 3. The first kappa shape index (κ1) is 20.7. The van der Waals surface area contributed by atoms with Crippen molar-refractivity contribution < 1.29 is 14.8 Å².